The van der Waals surface area contributed by atoms with Crippen molar-refractivity contribution < 1.29 is 9.72 Å². The predicted molar refractivity (Wildman–Crippen MR) is 71.5 cm³/mol. The molecule has 1 aromatic rings. The van der Waals surface area contributed by atoms with E-state index in [9.17, 15) is 14.9 Å². The van der Waals surface area contributed by atoms with Gasteiger partial charge in [0.15, 0.2) is 5.13 Å². The van der Waals surface area contributed by atoms with Crippen LogP contribution >= 0.6 is 11.3 Å². The van der Waals surface area contributed by atoms with Crippen LogP contribution in [-0.2, 0) is 4.79 Å². The Labute approximate surface area is 114 Å². The number of piperazine rings is 1. The predicted octanol–water partition coefficient (Wildman–Crippen LogP) is -0.0344. The summed E-state index contributed by atoms with van der Waals surface area (Å²) in [6.07, 6.45) is 1.23. The quantitative estimate of drug-likeness (QED) is 0.595. The van der Waals surface area contributed by atoms with E-state index < -0.39 is 4.92 Å². The topological polar surface area (TPSA) is 100 Å². The molecule has 2 heterocycles. The summed E-state index contributed by atoms with van der Waals surface area (Å²) < 4.78 is 0. The van der Waals surface area contributed by atoms with Crippen LogP contribution < -0.4 is 15.5 Å². The Kier molecular flexibility index (Phi) is 4.27. The smallest absolute Gasteiger partial charge is 0.345 e. The highest BCUT2D eigenvalue weighted by Gasteiger charge is 2.31. The number of nitro groups is 1. The Morgan fingerprint density at radius 3 is 3.21 bits per heavy atom. The molecule has 0 saturated carbocycles. The molecule has 0 aromatic carbocycles. The van der Waals surface area contributed by atoms with Crippen LogP contribution in [0.15, 0.2) is 6.20 Å². The van der Waals surface area contributed by atoms with Crippen LogP contribution in [0.5, 0.6) is 0 Å². The number of anilines is 1. The molecule has 1 atom stereocenters. The highest BCUT2D eigenvalue weighted by atomic mass is 32.1. The summed E-state index contributed by atoms with van der Waals surface area (Å²) in [6.45, 7) is 4.25. The van der Waals surface area contributed by atoms with Crippen molar-refractivity contribution in [3.8, 4) is 0 Å². The third-order valence-corrected chi connectivity index (χ3v) is 3.79. The monoisotopic (exact) mass is 285 g/mol. The zero-order valence-corrected chi connectivity index (χ0v) is 11.3. The fraction of sp³-hybridized carbons (Fsp3) is 0.600. The van der Waals surface area contributed by atoms with Crippen molar-refractivity contribution >= 4 is 27.4 Å². The molecule has 0 spiro atoms. The Bertz CT molecular complexity index is 477. The lowest BCUT2D eigenvalue weighted by Gasteiger charge is -2.34. The molecule has 1 saturated heterocycles. The molecule has 1 amide bonds. The Hall–Kier alpha value is -1.74. The Balaban J connectivity index is 2.18. The van der Waals surface area contributed by atoms with Crippen LogP contribution in [0.2, 0.25) is 0 Å². The number of aromatic nitrogens is 1. The number of carbonyl (C=O) groups excluding carboxylic acids is 1. The van der Waals surface area contributed by atoms with Gasteiger partial charge in [-0.3, -0.25) is 14.9 Å². The van der Waals surface area contributed by atoms with E-state index in [1.54, 1.807) is 0 Å². The van der Waals surface area contributed by atoms with Crippen LogP contribution in [0.4, 0.5) is 10.1 Å². The molecule has 9 heteroatoms. The Morgan fingerprint density at radius 2 is 2.58 bits per heavy atom. The van der Waals surface area contributed by atoms with Crippen molar-refractivity contribution in [1.29, 1.82) is 0 Å². The molecular weight excluding hydrogens is 270 g/mol. The largest absolute Gasteiger partial charge is 0.355 e. The van der Waals surface area contributed by atoms with Crippen LogP contribution in [0.25, 0.3) is 0 Å². The number of hydrogen-bond donors (Lipinski definition) is 2. The summed E-state index contributed by atoms with van der Waals surface area (Å²) in [6, 6.07) is -0.376. The van der Waals surface area contributed by atoms with E-state index in [0.29, 0.717) is 24.8 Å². The second kappa shape index (κ2) is 5.93. The van der Waals surface area contributed by atoms with E-state index in [4.69, 9.17) is 0 Å². The average Bonchev–Trinajstić information content (AvgIpc) is 2.88. The molecule has 2 rings (SSSR count). The third-order valence-electron chi connectivity index (χ3n) is 2.80. The lowest BCUT2D eigenvalue weighted by Crippen LogP contribution is -2.58. The van der Waals surface area contributed by atoms with E-state index >= 15 is 0 Å². The maximum atomic E-state index is 12.0. The Morgan fingerprint density at radius 1 is 1.79 bits per heavy atom. The third kappa shape index (κ3) is 2.99. The molecule has 1 unspecified atom stereocenters. The van der Waals surface area contributed by atoms with Crippen LogP contribution in [0, 0.1) is 10.1 Å². The van der Waals surface area contributed by atoms with Gasteiger partial charge in [0, 0.05) is 26.2 Å². The summed E-state index contributed by atoms with van der Waals surface area (Å²) in [5.74, 6) is -0.0902. The number of thiazole rings is 1. The van der Waals surface area contributed by atoms with Crippen LogP contribution in [0.3, 0.4) is 0 Å². The van der Waals surface area contributed by atoms with Gasteiger partial charge in [-0.05, 0) is 18.3 Å². The molecule has 0 radical (unpaired) electrons. The fourth-order valence-electron chi connectivity index (χ4n) is 1.93. The number of amides is 1. The number of carbonyl (C=O) groups is 1. The van der Waals surface area contributed by atoms with Crippen LogP contribution in [0.1, 0.15) is 6.92 Å². The number of likely N-dealkylation sites (N-methyl/N-ethyl adjacent to an activating group) is 1. The molecule has 1 fully saturated rings. The maximum Gasteiger partial charge on any atom is 0.345 e. The van der Waals surface area contributed by atoms with E-state index in [-0.39, 0.29) is 17.0 Å². The van der Waals surface area contributed by atoms with Crippen LogP contribution in [-0.4, -0.2) is 48.0 Å². The van der Waals surface area contributed by atoms with Gasteiger partial charge < -0.3 is 15.5 Å². The van der Waals surface area contributed by atoms with Gasteiger partial charge in [0.2, 0.25) is 5.91 Å². The molecule has 0 aliphatic carbocycles. The van der Waals surface area contributed by atoms with Gasteiger partial charge in [-0.2, -0.15) is 0 Å². The molecule has 1 aliphatic heterocycles. The fourth-order valence-corrected chi connectivity index (χ4v) is 2.74. The number of nitrogens with one attached hydrogen (secondary N) is 2. The first kappa shape index (κ1) is 13.7. The van der Waals surface area contributed by atoms with Crippen molar-refractivity contribution in [2.24, 2.45) is 0 Å². The molecule has 1 aliphatic rings. The van der Waals surface area contributed by atoms with Crippen molar-refractivity contribution in [3.63, 3.8) is 0 Å². The van der Waals surface area contributed by atoms with Gasteiger partial charge in [-0.25, -0.2) is 4.98 Å². The second-order valence-electron chi connectivity index (χ2n) is 4.05. The number of rotatable bonds is 4. The zero-order chi connectivity index (χ0) is 13.8. The minimum absolute atomic E-state index is 0.0109. The average molecular weight is 285 g/mol. The minimum Gasteiger partial charge on any atom is -0.355 e. The van der Waals surface area contributed by atoms with Crippen molar-refractivity contribution in [2.75, 3.05) is 31.1 Å². The van der Waals surface area contributed by atoms with Crippen molar-refractivity contribution in [2.45, 2.75) is 13.0 Å². The first-order valence-corrected chi connectivity index (χ1v) is 6.80. The molecule has 1 aromatic heterocycles. The second-order valence-corrected chi connectivity index (χ2v) is 5.03. The molecule has 0 bridgehead atoms. The summed E-state index contributed by atoms with van der Waals surface area (Å²) >= 11 is 0.995. The minimum atomic E-state index is -0.468. The summed E-state index contributed by atoms with van der Waals surface area (Å²) in [5.41, 5.74) is 0. The normalized spacial score (nSPS) is 19.2. The lowest BCUT2D eigenvalue weighted by molar-refractivity contribution is -0.380. The standard InChI is InChI=1S/C10H15N5O3S/c1-2-12-9(16)7-5-11-3-4-14(7)10-13-6-8(19-10)15(17)18/h6-7,11H,2-5H2,1H3,(H,12,16). The highest BCUT2D eigenvalue weighted by Crippen LogP contribution is 2.29. The summed E-state index contributed by atoms with van der Waals surface area (Å²) in [5, 5.41) is 17.1. The van der Waals surface area contributed by atoms with E-state index in [1.165, 1.54) is 6.20 Å². The van der Waals surface area contributed by atoms with E-state index in [0.717, 1.165) is 17.9 Å². The summed E-state index contributed by atoms with van der Waals surface area (Å²) in [4.78, 5) is 28.1. The van der Waals surface area contributed by atoms with Gasteiger partial charge in [-0.15, -0.1) is 0 Å². The lowest BCUT2D eigenvalue weighted by atomic mass is 10.2. The molecule has 19 heavy (non-hydrogen) atoms. The molecular formula is C10H15N5O3S. The van der Waals surface area contributed by atoms with E-state index in [2.05, 4.69) is 15.6 Å². The van der Waals surface area contributed by atoms with Gasteiger partial charge >= 0.3 is 5.00 Å². The SMILES string of the molecule is CCNC(=O)C1CNCCN1c1ncc([N+](=O)[O-])s1. The van der Waals surface area contributed by atoms with Gasteiger partial charge in [-0.1, -0.05) is 0 Å². The number of hydrogen-bond acceptors (Lipinski definition) is 7. The van der Waals surface area contributed by atoms with Gasteiger partial charge in [0.05, 0.1) is 4.92 Å². The van der Waals surface area contributed by atoms with Crippen molar-refractivity contribution in [3.05, 3.63) is 16.3 Å². The maximum absolute atomic E-state index is 12.0. The zero-order valence-electron chi connectivity index (χ0n) is 10.5. The first-order chi connectivity index (χ1) is 9.13. The van der Waals surface area contributed by atoms with E-state index in [1.807, 2.05) is 11.8 Å². The molecule has 2 N–H and O–H groups in total. The van der Waals surface area contributed by atoms with Gasteiger partial charge in [0.25, 0.3) is 0 Å². The van der Waals surface area contributed by atoms with Crippen molar-refractivity contribution in [1.82, 2.24) is 15.6 Å². The number of nitrogens with zero attached hydrogens (tertiary/aromatic N) is 3. The first-order valence-electron chi connectivity index (χ1n) is 5.98. The molecule has 104 valence electrons. The van der Waals surface area contributed by atoms with Gasteiger partial charge in [0.1, 0.15) is 12.2 Å². The highest BCUT2D eigenvalue weighted by molar-refractivity contribution is 7.18. The summed E-state index contributed by atoms with van der Waals surface area (Å²) in [7, 11) is 0. The molecule has 8 nitrogen and oxygen atoms in total.